The second-order valence-electron chi connectivity index (χ2n) is 12.1. The Balaban J connectivity index is 1.90. The molecule has 0 radical (unpaired) electrons. The van der Waals surface area contributed by atoms with E-state index in [2.05, 4.69) is 20.9 Å². The minimum Gasteiger partial charge on any atom is -0.444 e. The van der Waals surface area contributed by atoms with Crippen molar-refractivity contribution >= 4 is 37.3 Å². The summed E-state index contributed by atoms with van der Waals surface area (Å²) in [4.78, 5) is 41.5. The number of amides is 3. The van der Waals surface area contributed by atoms with Crippen molar-refractivity contribution in [2.24, 2.45) is 4.99 Å². The molecule has 46 heavy (non-hydrogen) atoms. The summed E-state index contributed by atoms with van der Waals surface area (Å²) in [7, 11) is -4.08. The fourth-order valence-electron chi connectivity index (χ4n) is 3.83. The Morgan fingerprint density at radius 1 is 0.717 bits per heavy atom. The summed E-state index contributed by atoms with van der Waals surface area (Å²) >= 11 is 0. The number of nitrogens with one attached hydrogen (secondary N) is 3. The van der Waals surface area contributed by atoms with Gasteiger partial charge in [-0.25, -0.2) is 19.1 Å². The normalized spacial score (nSPS) is 12.2. The number of guanidine groups is 1. The molecule has 3 N–H and O–H groups in total. The number of carbonyl (C=O) groups is 3. The summed E-state index contributed by atoms with van der Waals surface area (Å²) in [5, 5.41) is 7.60. The highest BCUT2D eigenvalue weighted by Crippen LogP contribution is 2.53. The summed E-state index contributed by atoms with van der Waals surface area (Å²) in [6.45, 7) is 11.5. The molecule has 246 valence electrons. The first kappa shape index (κ1) is 35.6. The van der Waals surface area contributed by atoms with Crippen molar-refractivity contribution in [1.29, 1.82) is 0 Å². The molecule has 1 atom stereocenters. The van der Waals surface area contributed by atoms with Crippen LogP contribution in [0.4, 0.5) is 15.3 Å². The lowest BCUT2D eigenvalue weighted by Crippen LogP contribution is -2.47. The van der Waals surface area contributed by atoms with Gasteiger partial charge < -0.3 is 23.8 Å². The first-order valence-electron chi connectivity index (χ1n) is 14.5. The highest BCUT2D eigenvalue weighted by molar-refractivity contribution is 7.55. The van der Waals surface area contributed by atoms with Crippen LogP contribution in [0, 0.1) is 0 Å². The number of alkyl carbamates (subject to hydrolysis) is 2. The zero-order chi connectivity index (χ0) is 34.0. The molecule has 3 aromatic rings. The van der Waals surface area contributed by atoms with Crippen LogP contribution in [-0.2, 0) is 25.3 Å². The van der Waals surface area contributed by atoms with E-state index in [9.17, 15) is 18.9 Å². The topological polar surface area (TPSA) is 154 Å². The molecule has 0 bridgehead atoms. The van der Waals surface area contributed by atoms with Crippen LogP contribution in [-0.4, -0.2) is 41.0 Å². The number of para-hydroxylation sites is 2. The maximum atomic E-state index is 14.4. The van der Waals surface area contributed by atoms with Gasteiger partial charge in [0.1, 0.15) is 22.7 Å². The number of hydrogen-bond acceptors (Lipinski definition) is 9. The predicted molar refractivity (Wildman–Crippen MR) is 175 cm³/mol. The number of ether oxygens (including phenoxy) is 2. The van der Waals surface area contributed by atoms with Gasteiger partial charge in [-0.1, -0.05) is 48.5 Å². The molecule has 13 heteroatoms. The Labute approximate surface area is 269 Å². The molecule has 3 rings (SSSR count). The van der Waals surface area contributed by atoms with Crippen LogP contribution in [0.5, 0.6) is 11.5 Å². The summed E-state index contributed by atoms with van der Waals surface area (Å²) < 4.78 is 36.9. The molecule has 0 fully saturated rings. The van der Waals surface area contributed by atoms with Gasteiger partial charge in [-0.3, -0.25) is 15.4 Å². The average molecular weight is 653 g/mol. The van der Waals surface area contributed by atoms with Gasteiger partial charge in [0.15, 0.2) is 5.78 Å². The van der Waals surface area contributed by atoms with Crippen LogP contribution in [0.2, 0.25) is 0 Å². The van der Waals surface area contributed by atoms with Crippen molar-refractivity contribution < 1.29 is 37.5 Å². The van der Waals surface area contributed by atoms with Crippen LogP contribution < -0.4 is 25.0 Å². The molecule has 3 aromatic carbocycles. The molecule has 3 amide bonds. The third-order valence-electron chi connectivity index (χ3n) is 5.55. The molecule has 0 aliphatic heterocycles. The molecule has 12 nitrogen and oxygen atoms in total. The summed E-state index contributed by atoms with van der Waals surface area (Å²) in [5.41, 5.74) is -0.568. The molecule has 1 unspecified atom stereocenters. The van der Waals surface area contributed by atoms with Crippen LogP contribution in [0.3, 0.4) is 0 Å². The number of aliphatic imine (C=N–C) groups is 1. The fraction of sp³-hybridized carbons (Fsp3) is 0.333. The third kappa shape index (κ3) is 12.6. The quantitative estimate of drug-likeness (QED) is 0.126. The Kier molecular flexibility index (Phi) is 12.0. The van der Waals surface area contributed by atoms with Gasteiger partial charge in [0.25, 0.3) is 0 Å². The summed E-state index contributed by atoms with van der Waals surface area (Å²) in [6, 6.07) is 23.7. The lowest BCUT2D eigenvalue weighted by molar-refractivity contribution is -0.119. The van der Waals surface area contributed by atoms with Crippen LogP contribution in [0.1, 0.15) is 54.0 Å². The van der Waals surface area contributed by atoms with Crippen LogP contribution in [0.25, 0.3) is 0 Å². The van der Waals surface area contributed by atoms with E-state index in [4.69, 9.17) is 18.5 Å². The minimum absolute atomic E-state index is 0.0691. The second-order valence-corrected chi connectivity index (χ2v) is 14.2. The number of benzene rings is 3. The number of rotatable bonds is 9. The Morgan fingerprint density at radius 2 is 1.15 bits per heavy atom. The maximum absolute atomic E-state index is 14.4. The molecule has 0 aromatic heterocycles. The van der Waals surface area contributed by atoms with Crippen molar-refractivity contribution in [2.75, 3.05) is 0 Å². The van der Waals surface area contributed by atoms with Gasteiger partial charge in [-0.05, 0) is 83.5 Å². The monoisotopic (exact) mass is 652 g/mol. The van der Waals surface area contributed by atoms with Gasteiger partial charge in [0.05, 0.1) is 5.69 Å². The van der Waals surface area contributed by atoms with Crippen molar-refractivity contribution in [3.63, 3.8) is 0 Å². The standard InChI is InChI=1S/C33H41N4O8P/c1-23(38)34-28(46(41,44-26-14-10-8-11-15-26)45-27-16-12-9-13-17-27)22-24-18-20-25(21-19-24)35-29(36-30(39)42-32(2,3)4)37-31(40)43-33(5,6)7/h8-21,28H,22H2,1-7H3,(H,34,38)(H2,35,36,37,39,40). The lowest BCUT2D eigenvalue weighted by atomic mass is 10.1. The van der Waals surface area contributed by atoms with Gasteiger partial charge in [0, 0.05) is 13.3 Å². The van der Waals surface area contributed by atoms with Crippen LogP contribution in [0.15, 0.2) is 89.9 Å². The maximum Gasteiger partial charge on any atom is 0.453 e. The predicted octanol–water partition coefficient (Wildman–Crippen LogP) is 7.08. The molecule has 0 aliphatic rings. The molecule has 0 saturated heterocycles. The van der Waals surface area contributed by atoms with Crippen molar-refractivity contribution in [1.82, 2.24) is 16.0 Å². The Bertz CT molecular complexity index is 1470. The summed E-state index contributed by atoms with van der Waals surface area (Å²) in [5.74, 6) is -1.10. The molecular weight excluding hydrogens is 611 g/mol. The van der Waals surface area contributed by atoms with Crippen molar-refractivity contribution in [2.45, 2.75) is 71.9 Å². The molecule has 0 spiro atoms. The van der Waals surface area contributed by atoms with Crippen molar-refractivity contribution in [3.8, 4) is 11.5 Å². The minimum atomic E-state index is -4.08. The van der Waals surface area contributed by atoms with Gasteiger partial charge >= 0.3 is 19.8 Å². The molecule has 0 heterocycles. The van der Waals surface area contributed by atoms with Gasteiger partial charge in [0.2, 0.25) is 11.9 Å². The second kappa shape index (κ2) is 15.4. The van der Waals surface area contributed by atoms with Crippen LogP contribution >= 0.6 is 7.60 Å². The first-order valence-corrected chi connectivity index (χ1v) is 16.1. The van der Waals surface area contributed by atoms with E-state index >= 15 is 0 Å². The van der Waals surface area contributed by atoms with E-state index in [1.807, 2.05) is 0 Å². The van der Waals surface area contributed by atoms with Gasteiger partial charge in [-0.2, -0.15) is 0 Å². The zero-order valence-corrected chi connectivity index (χ0v) is 27.9. The Hall–Kier alpha value is -4.83. The van der Waals surface area contributed by atoms with E-state index in [1.54, 1.807) is 126 Å². The zero-order valence-electron chi connectivity index (χ0n) is 27.0. The number of nitrogens with zero attached hydrogens (tertiary/aromatic N) is 1. The third-order valence-corrected chi connectivity index (χ3v) is 7.55. The molecule has 0 saturated carbocycles. The average Bonchev–Trinajstić information content (AvgIpc) is 2.92. The molecular formula is C33H41N4O8P. The number of hydrogen-bond donors (Lipinski definition) is 3. The molecule has 0 aliphatic carbocycles. The highest BCUT2D eigenvalue weighted by atomic mass is 31.2. The largest absolute Gasteiger partial charge is 0.453 e. The van der Waals surface area contributed by atoms with Crippen molar-refractivity contribution in [3.05, 3.63) is 90.5 Å². The van der Waals surface area contributed by atoms with Gasteiger partial charge in [-0.15, -0.1) is 0 Å². The van der Waals surface area contributed by atoms with E-state index in [-0.39, 0.29) is 12.4 Å². The highest BCUT2D eigenvalue weighted by Gasteiger charge is 2.40. The number of carbonyl (C=O) groups excluding carboxylic acids is 3. The Morgan fingerprint density at radius 3 is 1.54 bits per heavy atom. The smallest absolute Gasteiger partial charge is 0.444 e. The van der Waals surface area contributed by atoms with E-state index in [0.29, 0.717) is 22.7 Å². The van der Waals surface area contributed by atoms with E-state index in [0.717, 1.165) is 0 Å². The summed E-state index contributed by atoms with van der Waals surface area (Å²) in [6.07, 6.45) is -1.59. The van der Waals surface area contributed by atoms with E-state index in [1.165, 1.54) is 6.92 Å². The fourth-order valence-corrected chi connectivity index (χ4v) is 5.72. The van der Waals surface area contributed by atoms with E-state index < -0.39 is 42.7 Å². The SMILES string of the molecule is CC(=O)NC(Cc1ccc(N=C(NC(=O)OC(C)(C)C)NC(=O)OC(C)(C)C)cc1)P(=O)(Oc1ccccc1)Oc1ccccc1. The lowest BCUT2D eigenvalue weighted by Gasteiger charge is -2.28. The first-order chi connectivity index (χ1) is 21.5.